The minimum atomic E-state index is 0.0157. The number of esters is 1. The number of hydrogen-bond acceptors (Lipinski definition) is 3. The van der Waals surface area contributed by atoms with Gasteiger partial charge in [-0.05, 0) is 44.4 Å². The molecule has 0 aromatic rings. The Balaban J connectivity index is 1.87. The van der Waals surface area contributed by atoms with Gasteiger partial charge in [-0.25, -0.2) is 0 Å². The normalized spacial score (nSPS) is 33.6. The van der Waals surface area contributed by atoms with Crippen LogP contribution in [0.1, 0.15) is 72.1 Å². The largest absolute Gasteiger partial charge is 0.466 e. The molecule has 2 fully saturated rings. The molecule has 116 valence electrons. The molecular weight excluding hydrogens is 250 g/mol. The van der Waals surface area contributed by atoms with Crippen molar-refractivity contribution in [3.63, 3.8) is 0 Å². The lowest BCUT2D eigenvalue weighted by atomic mass is 9.72. The first kappa shape index (κ1) is 15.8. The Morgan fingerprint density at radius 2 is 2.00 bits per heavy atom. The Bertz CT molecular complexity index is 327. The molecule has 2 rings (SSSR count). The van der Waals surface area contributed by atoms with Crippen LogP contribution in [0.25, 0.3) is 0 Å². The number of ether oxygens (including phenoxy) is 1. The SMILES string of the molecule is CCOC(=O)C1CCCC(NC2CCCCC2(C)C)C1. The highest BCUT2D eigenvalue weighted by molar-refractivity contribution is 5.72. The van der Waals surface area contributed by atoms with Crippen molar-refractivity contribution in [3.8, 4) is 0 Å². The summed E-state index contributed by atoms with van der Waals surface area (Å²) in [5.74, 6) is 0.134. The van der Waals surface area contributed by atoms with Crippen molar-refractivity contribution < 1.29 is 9.53 Å². The van der Waals surface area contributed by atoms with Gasteiger partial charge < -0.3 is 10.1 Å². The van der Waals surface area contributed by atoms with Gasteiger partial charge in [-0.3, -0.25) is 4.79 Å². The van der Waals surface area contributed by atoms with Gasteiger partial charge in [0.25, 0.3) is 0 Å². The highest BCUT2D eigenvalue weighted by atomic mass is 16.5. The summed E-state index contributed by atoms with van der Waals surface area (Å²) in [6, 6.07) is 1.11. The summed E-state index contributed by atoms with van der Waals surface area (Å²) in [5.41, 5.74) is 0.398. The maximum absolute atomic E-state index is 11.9. The van der Waals surface area contributed by atoms with E-state index in [1.807, 2.05) is 6.92 Å². The van der Waals surface area contributed by atoms with Gasteiger partial charge in [0.2, 0.25) is 0 Å². The second-order valence-electron chi connectivity index (χ2n) is 7.27. The molecule has 0 spiro atoms. The van der Waals surface area contributed by atoms with Crippen molar-refractivity contribution in [2.24, 2.45) is 11.3 Å². The second kappa shape index (κ2) is 6.93. The van der Waals surface area contributed by atoms with Gasteiger partial charge in [-0.1, -0.05) is 33.1 Å². The van der Waals surface area contributed by atoms with Gasteiger partial charge in [0, 0.05) is 12.1 Å². The van der Waals surface area contributed by atoms with E-state index >= 15 is 0 Å². The number of carbonyl (C=O) groups is 1. The monoisotopic (exact) mass is 281 g/mol. The van der Waals surface area contributed by atoms with Crippen molar-refractivity contribution in [2.45, 2.75) is 84.2 Å². The smallest absolute Gasteiger partial charge is 0.308 e. The molecule has 2 saturated carbocycles. The van der Waals surface area contributed by atoms with E-state index in [0.29, 0.717) is 24.1 Å². The van der Waals surface area contributed by atoms with Crippen molar-refractivity contribution in [1.82, 2.24) is 5.32 Å². The number of hydrogen-bond donors (Lipinski definition) is 1. The molecular formula is C17H31NO2. The van der Waals surface area contributed by atoms with Crippen LogP contribution in [0.4, 0.5) is 0 Å². The first-order valence-electron chi connectivity index (χ1n) is 8.45. The van der Waals surface area contributed by atoms with Gasteiger partial charge in [0.1, 0.15) is 0 Å². The molecule has 0 aromatic heterocycles. The first-order valence-corrected chi connectivity index (χ1v) is 8.45. The summed E-state index contributed by atoms with van der Waals surface area (Å²) < 4.78 is 5.19. The fraction of sp³-hybridized carbons (Fsp3) is 0.941. The van der Waals surface area contributed by atoms with Crippen molar-refractivity contribution >= 4 is 5.97 Å². The zero-order chi connectivity index (χ0) is 14.6. The summed E-state index contributed by atoms with van der Waals surface area (Å²) in [6.07, 6.45) is 9.63. The third-order valence-electron chi connectivity index (χ3n) is 5.24. The average molecular weight is 281 g/mol. The van der Waals surface area contributed by atoms with Crippen LogP contribution in [-0.4, -0.2) is 24.7 Å². The molecule has 3 unspecified atom stereocenters. The van der Waals surface area contributed by atoms with Crippen LogP contribution < -0.4 is 5.32 Å². The Morgan fingerprint density at radius 3 is 2.70 bits per heavy atom. The first-order chi connectivity index (χ1) is 9.53. The molecule has 0 aromatic carbocycles. The highest BCUT2D eigenvalue weighted by Crippen LogP contribution is 2.37. The Morgan fingerprint density at radius 1 is 1.20 bits per heavy atom. The standard InChI is InChI=1S/C17H31NO2/c1-4-20-16(19)13-8-7-9-14(12-13)18-15-10-5-6-11-17(15,2)3/h13-15,18H,4-12H2,1-3H3. The van der Waals surface area contributed by atoms with Crippen LogP contribution in [-0.2, 0) is 9.53 Å². The van der Waals surface area contributed by atoms with Gasteiger partial charge >= 0.3 is 5.97 Å². The number of rotatable bonds is 4. The van der Waals surface area contributed by atoms with E-state index in [2.05, 4.69) is 19.2 Å². The van der Waals surface area contributed by atoms with E-state index in [-0.39, 0.29) is 11.9 Å². The fourth-order valence-corrected chi connectivity index (χ4v) is 3.90. The zero-order valence-corrected chi connectivity index (χ0v) is 13.4. The lowest BCUT2D eigenvalue weighted by molar-refractivity contribution is -0.149. The van der Waals surface area contributed by atoms with Crippen LogP contribution in [0.3, 0.4) is 0 Å². The van der Waals surface area contributed by atoms with E-state index in [4.69, 9.17) is 4.74 Å². The average Bonchev–Trinajstić information content (AvgIpc) is 2.42. The lowest BCUT2D eigenvalue weighted by Gasteiger charge is -2.42. The van der Waals surface area contributed by atoms with E-state index in [9.17, 15) is 4.79 Å². The molecule has 0 radical (unpaired) electrons. The predicted molar refractivity (Wildman–Crippen MR) is 81.6 cm³/mol. The van der Waals surface area contributed by atoms with Crippen LogP contribution in [0.2, 0.25) is 0 Å². The van der Waals surface area contributed by atoms with Crippen molar-refractivity contribution in [3.05, 3.63) is 0 Å². The van der Waals surface area contributed by atoms with Gasteiger partial charge in [-0.2, -0.15) is 0 Å². The van der Waals surface area contributed by atoms with Gasteiger partial charge in [-0.15, -0.1) is 0 Å². The topological polar surface area (TPSA) is 38.3 Å². The second-order valence-corrected chi connectivity index (χ2v) is 7.27. The Hall–Kier alpha value is -0.570. The third-order valence-corrected chi connectivity index (χ3v) is 5.24. The molecule has 20 heavy (non-hydrogen) atoms. The molecule has 0 bridgehead atoms. The van der Waals surface area contributed by atoms with E-state index < -0.39 is 0 Å². The predicted octanol–water partition coefficient (Wildman–Crippen LogP) is 3.67. The molecule has 1 N–H and O–H groups in total. The Kier molecular flexibility index (Phi) is 5.48. The zero-order valence-electron chi connectivity index (χ0n) is 13.4. The molecule has 3 nitrogen and oxygen atoms in total. The molecule has 3 atom stereocenters. The maximum atomic E-state index is 11.9. The summed E-state index contributed by atoms with van der Waals surface area (Å²) >= 11 is 0. The number of carbonyl (C=O) groups excluding carboxylic acids is 1. The molecule has 0 heterocycles. The molecule has 3 heteroatoms. The maximum Gasteiger partial charge on any atom is 0.308 e. The van der Waals surface area contributed by atoms with Crippen LogP contribution in [0, 0.1) is 11.3 Å². The fourth-order valence-electron chi connectivity index (χ4n) is 3.90. The molecule has 2 aliphatic carbocycles. The number of nitrogens with one attached hydrogen (secondary N) is 1. The molecule has 2 aliphatic rings. The van der Waals surface area contributed by atoms with E-state index in [0.717, 1.165) is 19.3 Å². The quantitative estimate of drug-likeness (QED) is 0.799. The van der Waals surface area contributed by atoms with E-state index in [1.165, 1.54) is 32.1 Å². The van der Waals surface area contributed by atoms with Crippen molar-refractivity contribution in [2.75, 3.05) is 6.61 Å². The summed E-state index contributed by atoms with van der Waals surface area (Å²) in [4.78, 5) is 11.9. The van der Waals surface area contributed by atoms with Crippen LogP contribution in [0.15, 0.2) is 0 Å². The minimum absolute atomic E-state index is 0.0157. The highest BCUT2D eigenvalue weighted by Gasteiger charge is 2.35. The molecule has 0 aliphatic heterocycles. The lowest BCUT2D eigenvalue weighted by Crippen LogP contribution is -2.50. The van der Waals surface area contributed by atoms with Crippen molar-refractivity contribution in [1.29, 1.82) is 0 Å². The summed E-state index contributed by atoms with van der Waals surface area (Å²) in [6.45, 7) is 7.16. The van der Waals surface area contributed by atoms with E-state index in [1.54, 1.807) is 0 Å². The van der Waals surface area contributed by atoms with Gasteiger partial charge in [0.05, 0.1) is 12.5 Å². The van der Waals surface area contributed by atoms with Gasteiger partial charge in [0.15, 0.2) is 0 Å². The van der Waals surface area contributed by atoms with Crippen LogP contribution >= 0.6 is 0 Å². The summed E-state index contributed by atoms with van der Waals surface area (Å²) in [5, 5.41) is 3.87. The molecule has 0 amide bonds. The molecule has 0 saturated heterocycles. The third kappa shape index (κ3) is 3.97. The summed E-state index contributed by atoms with van der Waals surface area (Å²) in [7, 11) is 0. The van der Waals surface area contributed by atoms with Crippen LogP contribution in [0.5, 0.6) is 0 Å². The Labute approximate surface area is 123 Å². The minimum Gasteiger partial charge on any atom is -0.466 e.